The van der Waals surface area contributed by atoms with Gasteiger partial charge in [-0.05, 0) is 31.0 Å². The Balaban J connectivity index is 1.76. The minimum absolute atomic E-state index is 0.0619. The van der Waals surface area contributed by atoms with Crippen LogP contribution in [-0.4, -0.2) is 59.6 Å². The number of hydrogen-bond acceptors (Lipinski definition) is 6. The van der Waals surface area contributed by atoms with E-state index in [0.29, 0.717) is 30.4 Å². The first-order chi connectivity index (χ1) is 12.7. The van der Waals surface area contributed by atoms with Crippen molar-refractivity contribution in [2.45, 2.75) is 25.8 Å². The van der Waals surface area contributed by atoms with Gasteiger partial charge in [-0.3, -0.25) is 4.79 Å². The molecule has 1 amide bonds. The number of sulfonamides is 1. The summed E-state index contributed by atoms with van der Waals surface area (Å²) in [6.07, 6.45) is 1.77. The van der Waals surface area contributed by atoms with Crippen molar-refractivity contribution in [1.29, 1.82) is 0 Å². The summed E-state index contributed by atoms with van der Waals surface area (Å²) in [6, 6.07) is 6.53. The van der Waals surface area contributed by atoms with Crippen molar-refractivity contribution in [1.82, 2.24) is 19.3 Å². The summed E-state index contributed by atoms with van der Waals surface area (Å²) in [7, 11) is -3.50. The molecule has 2 aromatic rings. The van der Waals surface area contributed by atoms with Gasteiger partial charge in [0.05, 0.1) is 12.7 Å². The van der Waals surface area contributed by atoms with E-state index in [-0.39, 0.29) is 24.8 Å². The summed E-state index contributed by atoms with van der Waals surface area (Å²) in [4.78, 5) is 18.5. The van der Waals surface area contributed by atoms with E-state index in [1.54, 1.807) is 24.0 Å². The van der Waals surface area contributed by atoms with Crippen molar-refractivity contribution < 1.29 is 17.7 Å². The van der Waals surface area contributed by atoms with Gasteiger partial charge in [-0.25, -0.2) is 8.42 Å². The highest BCUT2D eigenvalue weighted by atomic mass is 35.5. The largest absolute Gasteiger partial charge is 0.341 e. The van der Waals surface area contributed by atoms with Gasteiger partial charge >= 0.3 is 0 Å². The second-order valence-electron chi connectivity index (χ2n) is 6.54. The molecule has 1 atom stereocenters. The lowest BCUT2D eigenvalue weighted by molar-refractivity contribution is -0.130. The zero-order chi connectivity index (χ0) is 19.6. The fraction of sp³-hybridized carbons (Fsp3) is 0.471. The van der Waals surface area contributed by atoms with E-state index in [0.717, 1.165) is 11.8 Å². The summed E-state index contributed by atoms with van der Waals surface area (Å²) in [5.41, 5.74) is 0.859. The SMILES string of the molecule is Cc1noc(C2CCN(C(=O)Cc3ccc(Cl)cc3)CCN2S(C)(=O)=O)n1. The van der Waals surface area contributed by atoms with Gasteiger partial charge in [0.2, 0.25) is 21.8 Å². The third-order valence-electron chi connectivity index (χ3n) is 4.49. The number of aromatic nitrogens is 2. The summed E-state index contributed by atoms with van der Waals surface area (Å²) in [6.45, 7) is 2.57. The fourth-order valence-electron chi connectivity index (χ4n) is 3.14. The number of benzene rings is 1. The molecule has 0 bridgehead atoms. The van der Waals surface area contributed by atoms with Crippen LogP contribution in [0.5, 0.6) is 0 Å². The third kappa shape index (κ3) is 4.85. The highest BCUT2D eigenvalue weighted by Gasteiger charge is 2.35. The molecule has 1 unspecified atom stereocenters. The van der Waals surface area contributed by atoms with Gasteiger partial charge in [-0.15, -0.1) is 0 Å². The molecule has 1 aromatic heterocycles. The van der Waals surface area contributed by atoms with Crippen LogP contribution in [0.25, 0.3) is 0 Å². The van der Waals surface area contributed by atoms with Crippen molar-refractivity contribution in [3.8, 4) is 0 Å². The molecular weight excluding hydrogens is 392 g/mol. The number of rotatable bonds is 4. The van der Waals surface area contributed by atoms with E-state index in [1.165, 1.54) is 4.31 Å². The average Bonchev–Trinajstić information content (AvgIpc) is 2.89. The predicted molar refractivity (Wildman–Crippen MR) is 99.7 cm³/mol. The van der Waals surface area contributed by atoms with Crippen LogP contribution < -0.4 is 0 Å². The highest BCUT2D eigenvalue weighted by molar-refractivity contribution is 7.88. The highest BCUT2D eigenvalue weighted by Crippen LogP contribution is 2.28. The molecule has 1 fully saturated rings. The van der Waals surface area contributed by atoms with E-state index < -0.39 is 16.1 Å². The maximum Gasteiger partial charge on any atom is 0.245 e. The van der Waals surface area contributed by atoms with Gasteiger partial charge in [0, 0.05) is 24.7 Å². The molecule has 0 aliphatic carbocycles. The molecule has 0 spiro atoms. The molecule has 1 saturated heterocycles. The maximum absolute atomic E-state index is 12.7. The first kappa shape index (κ1) is 19.8. The zero-order valence-electron chi connectivity index (χ0n) is 15.1. The molecule has 10 heteroatoms. The molecule has 146 valence electrons. The molecule has 1 aromatic carbocycles. The van der Waals surface area contributed by atoms with Crippen LogP contribution in [0.2, 0.25) is 5.02 Å². The summed E-state index contributed by atoms with van der Waals surface area (Å²) < 4.78 is 31.0. The fourth-order valence-corrected chi connectivity index (χ4v) is 4.34. The summed E-state index contributed by atoms with van der Waals surface area (Å²) >= 11 is 5.88. The molecule has 2 heterocycles. The normalized spacial score (nSPS) is 19.1. The van der Waals surface area contributed by atoms with Crippen molar-refractivity contribution in [2.24, 2.45) is 0 Å². The molecule has 0 saturated carbocycles. The van der Waals surface area contributed by atoms with Gasteiger partial charge in [0.15, 0.2) is 5.82 Å². The Morgan fingerprint density at radius 3 is 2.56 bits per heavy atom. The average molecular weight is 413 g/mol. The first-order valence-electron chi connectivity index (χ1n) is 8.53. The minimum atomic E-state index is -3.50. The summed E-state index contributed by atoms with van der Waals surface area (Å²) in [5.74, 6) is 0.636. The zero-order valence-corrected chi connectivity index (χ0v) is 16.7. The van der Waals surface area contributed by atoms with Crippen LogP contribution in [0.3, 0.4) is 0 Å². The lowest BCUT2D eigenvalue weighted by atomic mass is 10.1. The number of carbonyl (C=O) groups is 1. The first-order valence-corrected chi connectivity index (χ1v) is 10.8. The maximum atomic E-state index is 12.7. The number of halogens is 1. The number of aryl methyl sites for hydroxylation is 1. The van der Waals surface area contributed by atoms with Gasteiger partial charge in [-0.2, -0.15) is 9.29 Å². The Morgan fingerprint density at radius 2 is 1.96 bits per heavy atom. The predicted octanol–water partition coefficient (Wildman–Crippen LogP) is 1.81. The van der Waals surface area contributed by atoms with Crippen molar-refractivity contribution in [2.75, 3.05) is 25.9 Å². The number of amides is 1. The molecule has 8 nitrogen and oxygen atoms in total. The second-order valence-corrected chi connectivity index (χ2v) is 8.91. The van der Waals surface area contributed by atoms with Crippen LogP contribution in [0.4, 0.5) is 0 Å². The van der Waals surface area contributed by atoms with Gasteiger partial charge < -0.3 is 9.42 Å². The van der Waals surface area contributed by atoms with Crippen LogP contribution in [0.1, 0.15) is 29.7 Å². The van der Waals surface area contributed by atoms with Crippen LogP contribution in [0, 0.1) is 6.92 Å². The summed E-state index contributed by atoms with van der Waals surface area (Å²) in [5, 5.41) is 4.37. The Morgan fingerprint density at radius 1 is 1.26 bits per heavy atom. The Labute approximate surface area is 163 Å². The van der Waals surface area contributed by atoms with Crippen LogP contribution >= 0.6 is 11.6 Å². The lowest BCUT2D eigenvalue weighted by Gasteiger charge is -2.24. The molecule has 0 N–H and O–H groups in total. The van der Waals surface area contributed by atoms with Gasteiger partial charge in [0.1, 0.15) is 6.04 Å². The number of carbonyl (C=O) groups excluding carboxylic acids is 1. The Kier molecular flexibility index (Phi) is 5.83. The molecule has 1 aliphatic rings. The van der Waals surface area contributed by atoms with Crippen molar-refractivity contribution in [3.05, 3.63) is 46.6 Å². The number of hydrogen-bond donors (Lipinski definition) is 0. The van der Waals surface area contributed by atoms with Crippen molar-refractivity contribution in [3.63, 3.8) is 0 Å². The van der Waals surface area contributed by atoms with Crippen molar-refractivity contribution >= 4 is 27.5 Å². The van der Waals surface area contributed by atoms with Crippen LogP contribution in [0.15, 0.2) is 28.8 Å². The topological polar surface area (TPSA) is 96.6 Å². The Hall–Kier alpha value is -1.97. The smallest absolute Gasteiger partial charge is 0.245 e. The lowest BCUT2D eigenvalue weighted by Crippen LogP contribution is -2.38. The standard InChI is InChI=1S/C17H21ClN4O4S/c1-12-19-17(26-20-12)15-7-8-21(9-10-22(15)27(2,24)25)16(23)11-13-3-5-14(18)6-4-13/h3-6,15H,7-11H2,1-2H3. The van der Waals surface area contributed by atoms with Gasteiger partial charge in [0.25, 0.3) is 0 Å². The van der Waals surface area contributed by atoms with E-state index in [4.69, 9.17) is 16.1 Å². The minimum Gasteiger partial charge on any atom is -0.341 e. The quantitative estimate of drug-likeness (QED) is 0.759. The van der Waals surface area contributed by atoms with E-state index >= 15 is 0 Å². The molecule has 27 heavy (non-hydrogen) atoms. The monoisotopic (exact) mass is 412 g/mol. The Bertz CT molecular complexity index is 913. The third-order valence-corrected chi connectivity index (χ3v) is 6.03. The molecule has 3 rings (SSSR count). The molecule has 1 aliphatic heterocycles. The van der Waals surface area contributed by atoms with E-state index in [9.17, 15) is 13.2 Å². The van der Waals surface area contributed by atoms with Crippen LogP contribution in [-0.2, 0) is 21.2 Å². The van der Waals surface area contributed by atoms with E-state index in [1.807, 2.05) is 12.1 Å². The second kappa shape index (κ2) is 7.95. The van der Waals surface area contributed by atoms with E-state index in [2.05, 4.69) is 10.1 Å². The number of nitrogens with zero attached hydrogens (tertiary/aromatic N) is 4. The van der Waals surface area contributed by atoms with Gasteiger partial charge in [-0.1, -0.05) is 28.9 Å². The molecular formula is C17H21ClN4O4S. The molecule has 0 radical (unpaired) electrons.